The van der Waals surface area contributed by atoms with Crippen molar-refractivity contribution in [3.05, 3.63) is 5.28 Å². The van der Waals surface area contributed by atoms with Crippen molar-refractivity contribution in [2.24, 2.45) is 0 Å². The van der Waals surface area contributed by atoms with Gasteiger partial charge in [0.05, 0.1) is 0 Å². The zero-order valence-corrected chi connectivity index (χ0v) is 11.7. The molecule has 2 heterocycles. The Bertz CT molecular complexity index is 468. The third-order valence-electron chi connectivity index (χ3n) is 2.87. The van der Waals surface area contributed by atoms with Gasteiger partial charge in [0.2, 0.25) is 23.1 Å². The molecule has 1 atom stereocenters. The van der Waals surface area contributed by atoms with Gasteiger partial charge in [0.25, 0.3) is 0 Å². The lowest BCUT2D eigenvalue weighted by molar-refractivity contribution is -0.127. The van der Waals surface area contributed by atoms with Gasteiger partial charge >= 0.3 is 0 Å². The number of hydrogen-bond donors (Lipinski definition) is 2. The van der Waals surface area contributed by atoms with E-state index in [9.17, 15) is 4.79 Å². The summed E-state index contributed by atoms with van der Waals surface area (Å²) in [5.41, 5.74) is 0. The summed E-state index contributed by atoms with van der Waals surface area (Å²) in [6, 6.07) is -0.289. The fourth-order valence-corrected chi connectivity index (χ4v) is 2.00. The number of carbonyl (C=O) groups excluding carboxylic acids is 1. The summed E-state index contributed by atoms with van der Waals surface area (Å²) in [6.07, 6.45) is 1.69. The number of amides is 1. The average Bonchev–Trinajstić information content (AvgIpc) is 2.68. The molecule has 8 heteroatoms. The number of aromatic nitrogens is 3. The Hall–Kier alpha value is -1.63. The van der Waals surface area contributed by atoms with Crippen molar-refractivity contribution >= 4 is 29.4 Å². The summed E-state index contributed by atoms with van der Waals surface area (Å²) in [5, 5.41) is 6.15. The number of likely N-dealkylation sites (N-methyl/N-ethyl adjacent to an activating group) is 1. The Morgan fingerprint density at radius 3 is 2.74 bits per heavy atom. The lowest BCUT2D eigenvalue weighted by atomic mass is 10.2. The molecule has 1 fully saturated rings. The van der Waals surface area contributed by atoms with Crippen LogP contribution in [0.3, 0.4) is 0 Å². The van der Waals surface area contributed by atoms with E-state index >= 15 is 0 Å². The molecule has 1 saturated heterocycles. The first-order chi connectivity index (χ1) is 9.10. The molecule has 1 aromatic heterocycles. The van der Waals surface area contributed by atoms with Crippen molar-refractivity contribution < 1.29 is 4.79 Å². The van der Waals surface area contributed by atoms with E-state index in [1.165, 1.54) is 0 Å². The van der Waals surface area contributed by atoms with Crippen LogP contribution in [0.2, 0.25) is 5.28 Å². The molecule has 0 saturated carbocycles. The number of nitrogens with one attached hydrogen (secondary N) is 2. The standard InChI is InChI=1S/C11H17ClN6O/c1-3-5-13-10-15-9(12)16-11(17-10)14-7-4-6-18(2)8(7)19/h7H,3-6H2,1-2H3,(H2,13,14,15,16,17). The first-order valence-electron chi connectivity index (χ1n) is 6.27. The highest BCUT2D eigenvalue weighted by molar-refractivity contribution is 6.28. The minimum absolute atomic E-state index is 0.0413. The molecule has 7 nitrogen and oxygen atoms in total. The Morgan fingerprint density at radius 1 is 1.37 bits per heavy atom. The number of halogens is 1. The summed E-state index contributed by atoms with van der Waals surface area (Å²) in [6.45, 7) is 3.53. The molecule has 2 N–H and O–H groups in total. The fraction of sp³-hybridized carbons (Fsp3) is 0.636. The Labute approximate surface area is 116 Å². The second-order valence-corrected chi connectivity index (χ2v) is 4.76. The molecule has 19 heavy (non-hydrogen) atoms. The molecule has 0 aliphatic carbocycles. The number of carbonyl (C=O) groups is 1. The van der Waals surface area contributed by atoms with Crippen LogP contribution in [0.5, 0.6) is 0 Å². The molecule has 1 aliphatic heterocycles. The molecule has 0 radical (unpaired) electrons. The van der Waals surface area contributed by atoms with Gasteiger partial charge in [-0.3, -0.25) is 4.79 Å². The number of rotatable bonds is 5. The molecule has 1 amide bonds. The van der Waals surface area contributed by atoms with Crippen LogP contribution in [0.15, 0.2) is 0 Å². The lowest BCUT2D eigenvalue weighted by Gasteiger charge is -2.12. The maximum Gasteiger partial charge on any atom is 0.244 e. The van der Waals surface area contributed by atoms with Crippen molar-refractivity contribution in [2.75, 3.05) is 30.8 Å². The summed E-state index contributed by atoms with van der Waals surface area (Å²) < 4.78 is 0. The third-order valence-corrected chi connectivity index (χ3v) is 3.04. The quantitative estimate of drug-likeness (QED) is 0.839. The van der Waals surface area contributed by atoms with Crippen molar-refractivity contribution in [1.29, 1.82) is 0 Å². The van der Waals surface area contributed by atoms with E-state index in [4.69, 9.17) is 11.6 Å². The van der Waals surface area contributed by atoms with E-state index in [-0.39, 0.29) is 17.2 Å². The summed E-state index contributed by atoms with van der Waals surface area (Å²) in [7, 11) is 1.78. The van der Waals surface area contributed by atoms with Gasteiger partial charge in [0.15, 0.2) is 0 Å². The normalized spacial score (nSPS) is 18.8. The lowest BCUT2D eigenvalue weighted by Crippen LogP contribution is -2.31. The van der Waals surface area contributed by atoms with E-state index in [1.807, 2.05) is 6.92 Å². The van der Waals surface area contributed by atoms with Crippen LogP contribution in [-0.4, -0.2) is 51.9 Å². The predicted octanol–water partition coefficient (Wildman–Crippen LogP) is 0.989. The molecule has 1 aromatic rings. The number of nitrogens with zero attached hydrogens (tertiary/aromatic N) is 4. The Kier molecular flexibility index (Phi) is 4.36. The summed E-state index contributed by atoms with van der Waals surface area (Å²) >= 11 is 5.84. The first kappa shape index (κ1) is 13.8. The molecule has 104 valence electrons. The van der Waals surface area contributed by atoms with E-state index < -0.39 is 0 Å². The van der Waals surface area contributed by atoms with Crippen LogP contribution >= 0.6 is 11.6 Å². The third kappa shape index (κ3) is 3.44. The summed E-state index contributed by atoms with van der Waals surface area (Å²) in [5.74, 6) is 0.787. The van der Waals surface area contributed by atoms with Crippen LogP contribution in [0, 0.1) is 0 Å². The van der Waals surface area contributed by atoms with Gasteiger partial charge in [-0.05, 0) is 24.4 Å². The fourth-order valence-electron chi connectivity index (χ4n) is 1.84. The predicted molar refractivity (Wildman–Crippen MR) is 73.3 cm³/mol. The molecule has 2 rings (SSSR count). The number of hydrogen-bond acceptors (Lipinski definition) is 6. The van der Waals surface area contributed by atoms with E-state index in [1.54, 1.807) is 11.9 Å². The van der Waals surface area contributed by atoms with Crippen LogP contribution in [0.1, 0.15) is 19.8 Å². The van der Waals surface area contributed by atoms with Gasteiger partial charge in [0, 0.05) is 20.1 Å². The second kappa shape index (κ2) is 6.01. The molecular formula is C11H17ClN6O. The molecule has 0 aromatic carbocycles. The minimum Gasteiger partial charge on any atom is -0.354 e. The zero-order chi connectivity index (χ0) is 13.8. The average molecular weight is 285 g/mol. The van der Waals surface area contributed by atoms with Gasteiger partial charge in [-0.2, -0.15) is 15.0 Å². The largest absolute Gasteiger partial charge is 0.354 e. The molecule has 0 spiro atoms. The Morgan fingerprint density at radius 2 is 2.11 bits per heavy atom. The van der Waals surface area contributed by atoms with E-state index in [2.05, 4.69) is 25.6 Å². The maximum absolute atomic E-state index is 11.8. The first-order valence-corrected chi connectivity index (χ1v) is 6.65. The van der Waals surface area contributed by atoms with Crippen molar-refractivity contribution in [1.82, 2.24) is 19.9 Å². The van der Waals surface area contributed by atoms with Crippen LogP contribution in [0.4, 0.5) is 11.9 Å². The topological polar surface area (TPSA) is 83.0 Å². The van der Waals surface area contributed by atoms with E-state index in [0.29, 0.717) is 11.9 Å². The Balaban J connectivity index is 2.07. The van der Waals surface area contributed by atoms with Crippen molar-refractivity contribution in [3.63, 3.8) is 0 Å². The highest BCUT2D eigenvalue weighted by Crippen LogP contribution is 2.15. The molecule has 0 bridgehead atoms. The van der Waals surface area contributed by atoms with Crippen molar-refractivity contribution in [3.8, 4) is 0 Å². The molecular weight excluding hydrogens is 268 g/mol. The van der Waals surface area contributed by atoms with Crippen LogP contribution in [-0.2, 0) is 4.79 Å². The molecule has 1 unspecified atom stereocenters. The van der Waals surface area contributed by atoms with Gasteiger partial charge in [0.1, 0.15) is 6.04 Å². The number of anilines is 2. The zero-order valence-electron chi connectivity index (χ0n) is 11.0. The SMILES string of the molecule is CCCNc1nc(Cl)nc(NC2CCN(C)C2=O)n1. The molecule has 1 aliphatic rings. The van der Waals surface area contributed by atoms with E-state index in [0.717, 1.165) is 25.9 Å². The summed E-state index contributed by atoms with van der Waals surface area (Å²) in [4.78, 5) is 25.6. The smallest absolute Gasteiger partial charge is 0.244 e. The number of likely N-dealkylation sites (tertiary alicyclic amines) is 1. The van der Waals surface area contributed by atoms with Crippen molar-refractivity contribution in [2.45, 2.75) is 25.8 Å². The van der Waals surface area contributed by atoms with Crippen LogP contribution < -0.4 is 10.6 Å². The monoisotopic (exact) mass is 284 g/mol. The second-order valence-electron chi connectivity index (χ2n) is 4.42. The van der Waals surface area contributed by atoms with Gasteiger partial charge in [-0.15, -0.1) is 0 Å². The maximum atomic E-state index is 11.8. The van der Waals surface area contributed by atoms with Gasteiger partial charge in [-0.1, -0.05) is 6.92 Å². The van der Waals surface area contributed by atoms with Gasteiger partial charge < -0.3 is 15.5 Å². The highest BCUT2D eigenvalue weighted by atomic mass is 35.5. The highest BCUT2D eigenvalue weighted by Gasteiger charge is 2.29. The minimum atomic E-state index is -0.289. The van der Waals surface area contributed by atoms with Crippen LogP contribution in [0.25, 0.3) is 0 Å². The van der Waals surface area contributed by atoms with Gasteiger partial charge in [-0.25, -0.2) is 0 Å².